The highest BCUT2D eigenvalue weighted by Gasteiger charge is 2.36. The minimum absolute atomic E-state index is 0.0675. The Kier molecular flexibility index (Phi) is 5.41. The second-order valence-electron chi connectivity index (χ2n) is 9.59. The van der Waals surface area contributed by atoms with Crippen molar-refractivity contribution in [2.45, 2.75) is 57.6 Å². The molecule has 2 aliphatic rings. The monoisotopic (exact) mass is 444 g/mol. The van der Waals surface area contributed by atoms with Crippen molar-refractivity contribution >= 4 is 27.5 Å². The number of anilines is 1. The van der Waals surface area contributed by atoms with Gasteiger partial charge in [-0.1, -0.05) is 39.0 Å². The number of fused-ring (bicyclic) bond motifs is 1. The summed E-state index contributed by atoms with van der Waals surface area (Å²) in [6.45, 7) is 6.50. The summed E-state index contributed by atoms with van der Waals surface area (Å²) in [6, 6.07) is 9.04. The number of sulfone groups is 1. The molecule has 0 saturated heterocycles. The van der Waals surface area contributed by atoms with Crippen LogP contribution in [0.2, 0.25) is 0 Å². The van der Waals surface area contributed by atoms with Crippen molar-refractivity contribution in [1.29, 1.82) is 0 Å². The van der Waals surface area contributed by atoms with Gasteiger partial charge in [0, 0.05) is 11.6 Å². The quantitative estimate of drug-likeness (QED) is 0.707. The van der Waals surface area contributed by atoms with E-state index in [2.05, 4.69) is 36.5 Å². The molecule has 31 heavy (non-hydrogen) atoms. The number of carbonyl (C=O) groups excluding carboxylic acids is 2. The lowest BCUT2D eigenvalue weighted by Crippen LogP contribution is -2.46. The zero-order valence-electron chi connectivity index (χ0n) is 18.0. The van der Waals surface area contributed by atoms with Crippen LogP contribution in [0.3, 0.4) is 0 Å². The number of rotatable bonds is 3. The molecule has 2 aromatic rings. The van der Waals surface area contributed by atoms with Gasteiger partial charge in [-0.15, -0.1) is 0 Å². The molecular weight excluding hydrogens is 416 g/mol. The highest BCUT2D eigenvalue weighted by Crippen LogP contribution is 2.38. The number of aromatic nitrogens is 2. The van der Waals surface area contributed by atoms with Crippen molar-refractivity contribution < 1.29 is 18.0 Å². The number of hydrogen-bond donors (Lipinski definition) is 2. The smallest absolute Gasteiger partial charge is 0.314 e. The third kappa shape index (κ3) is 4.66. The summed E-state index contributed by atoms with van der Waals surface area (Å²) in [7, 11) is -3.31. The fourth-order valence-electron chi connectivity index (χ4n) is 5.00. The molecule has 9 heteroatoms. The topological polar surface area (TPSA) is 110 Å². The van der Waals surface area contributed by atoms with Crippen LogP contribution in [0.5, 0.6) is 0 Å². The summed E-state index contributed by atoms with van der Waals surface area (Å²) < 4.78 is 25.7. The van der Waals surface area contributed by atoms with E-state index in [4.69, 9.17) is 0 Å². The lowest BCUT2D eigenvalue weighted by molar-refractivity contribution is -0.137. The molecule has 1 saturated carbocycles. The predicted molar refractivity (Wildman–Crippen MR) is 117 cm³/mol. The molecule has 8 nitrogen and oxygen atoms in total. The van der Waals surface area contributed by atoms with Gasteiger partial charge in [-0.3, -0.25) is 9.59 Å². The summed E-state index contributed by atoms with van der Waals surface area (Å²) in [5, 5.41) is 9.90. The molecule has 2 atom stereocenters. The first-order valence-corrected chi connectivity index (χ1v) is 12.3. The van der Waals surface area contributed by atoms with Crippen LogP contribution in [-0.4, -0.2) is 36.1 Å². The van der Waals surface area contributed by atoms with Crippen LogP contribution in [0.1, 0.15) is 51.3 Å². The maximum atomic E-state index is 12.8. The van der Waals surface area contributed by atoms with Crippen LogP contribution in [-0.2, 0) is 30.9 Å². The molecular formula is C22H28N4O4S. The first-order valence-electron chi connectivity index (χ1n) is 10.5. The van der Waals surface area contributed by atoms with Crippen LogP contribution < -0.4 is 10.6 Å². The normalized spacial score (nSPS) is 23.7. The van der Waals surface area contributed by atoms with E-state index in [1.165, 1.54) is 4.68 Å². The highest BCUT2D eigenvalue weighted by atomic mass is 32.2. The van der Waals surface area contributed by atoms with E-state index in [0.29, 0.717) is 22.9 Å². The Bertz CT molecular complexity index is 1120. The minimum Gasteiger partial charge on any atom is -0.345 e. The van der Waals surface area contributed by atoms with Crippen molar-refractivity contribution in [3.8, 4) is 5.69 Å². The van der Waals surface area contributed by atoms with E-state index in [-0.39, 0.29) is 28.8 Å². The molecule has 1 aromatic carbocycles. The third-order valence-electron chi connectivity index (χ3n) is 5.95. The minimum atomic E-state index is -3.31. The molecule has 2 N–H and O–H groups in total. The van der Waals surface area contributed by atoms with Gasteiger partial charge in [-0.2, -0.15) is 5.10 Å². The third-order valence-corrected chi connectivity index (χ3v) is 7.39. The number of nitrogens with zero attached hydrogens (tertiary/aromatic N) is 2. The van der Waals surface area contributed by atoms with Crippen LogP contribution in [0, 0.1) is 11.3 Å². The fourth-order valence-corrected chi connectivity index (χ4v) is 6.49. The summed E-state index contributed by atoms with van der Waals surface area (Å²) in [4.78, 5) is 25.4. The van der Waals surface area contributed by atoms with Crippen LogP contribution in [0.25, 0.3) is 5.69 Å². The molecule has 0 bridgehead atoms. The van der Waals surface area contributed by atoms with E-state index in [1.807, 2.05) is 18.2 Å². The van der Waals surface area contributed by atoms with Crippen molar-refractivity contribution in [3.05, 3.63) is 41.6 Å². The molecule has 1 aliphatic carbocycles. The van der Waals surface area contributed by atoms with Crippen molar-refractivity contribution in [2.24, 2.45) is 11.3 Å². The first kappa shape index (κ1) is 21.5. The maximum Gasteiger partial charge on any atom is 0.314 e. The zero-order valence-corrected chi connectivity index (χ0v) is 18.8. The number of carbonyl (C=O) groups is 2. The second-order valence-corrected chi connectivity index (χ2v) is 11.7. The number of para-hydroxylation sites is 1. The van der Waals surface area contributed by atoms with Crippen LogP contribution >= 0.6 is 0 Å². The molecule has 2 amide bonds. The van der Waals surface area contributed by atoms with Gasteiger partial charge in [0.05, 0.1) is 22.9 Å². The van der Waals surface area contributed by atoms with Gasteiger partial charge in [-0.05, 0) is 42.7 Å². The largest absolute Gasteiger partial charge is 0.345 e. The average molecular weight is 445 g/mol. The van der Waals surface area contributed by atoms with Gasteiger partial charge in [0.2, 0.25) is 0 Å². The Balaban J connectivity index is 1.56. The molecule has 2 heterocycles. The molecule has 0 unspecified atom stereocenters. The van der Waals surface area contributed by atoms with Gasteiger partial charge < -0.3 is 10.6 Å². The van der Waals surface area contributed by atoms with Crippen LogP contribution in [0.15, 0.2) is 30.3 Å². The Morgan fingerprint density at radius 3 is 2.48 bits per heavy atom. The average Bonchev–Trinajstić information content (AvgIpc) is 3.13. The Morgan fingerprint density at radius 1 is 1.10 bits per heavy atom. The van der Waals surface area contributed by atoms with E-state index < -0.39 is 21.7 Å². The maximum absolute atomic E-state index is 12.8. The van der Waals surface area contributed by atoms with E-state index >= 15 is 0 Å². The Labute approximate surface area is 182 Å². The number of amides is 2. The van der Waals surface area contributed by atoms with E-state index in [0.717, 1.165) is 19.3 Å². The summed E-state index contributed by atoms with van der Waals surface area (Å²) in [6.07, 6.45) is 2.73. The van der Waals surface area contributed by atoms with Gasteiger partial charge >= 0.3 is 11.8 Å². The van der Waals surface area contributed by atoms with Crippen molar-refractivity contribution in [3.63, 3.8) is 0 Å². The van der Waals surface area contributed by atoms with E-state index in [9.17, 15) is 18.0 Å². The molecule has 166 valence electrons. The standard InChI is InChI=1S/C22H28N4O4S/c1-14-9-15(11-22(2,3)10-14)23-20(27)21(28)24-19-17-12-31(29,30)13-18(17)25-26(19)16-7-5-4-6-8-16/h4-8,14-15H,9-13H2,1-3H3,(H,23,27)(H,24,28)/t14-,15+/m0/s1. The van der Waals surface area contributed by atoms with Crippen LogP contribution in [0.4, 0.5) is 5.82 Å². The second kappa shape index (κ2) is 7.78. The summed E-state index contributed by atoms with van der Waals surface area (Å²) >= 11 is 0. The Morgan fingerprint density at radius 2 is 1.81 bits per heavy atom. The molecule has 0 spiro atoms. The molecule has 1 fully saturated rings. The van der Waals surface area contributed by atoms with Gasteiger partial charge in [0.1, 0.15) is 5.82 Å². The predicted octanol–water partition coefficient (Wildman–Crippen LogP) is 2.57. The molecule has 4 rings (SSSR count). The first-order chi connectivity index (χ1) is 14.5. The van der Waals surface area contributed by atoms with Gasteiger partial charge in [0.25, 0.3) is 0 Å². The summed E-state index contributed by atoms with van der Waals surface area (Å²) in [5.41, 5.74) is 1.63. The number of hydrogen-bond acceptors (Lipinski definition) is 5. The van der Waals surface area contributed by atoms with Gasteiger partial charge in [0.15, 0.2) is 9.84 Å². The fraction of sp³-hybridized carbons (Fsp3) is 0.500. The Hall–Kier alpha value is -2.68. The molecule has 1 aromatic heterocycles. The molecule has 0 radical (unpaired) electrons. The van der Waals surface area contributed by atoms with E-state index in [1.54, 1.807) is 12.1 Å². The SMILES string of the molecule is C[C@H]1C[C@@H](NC(=O)C(=O)Nc2c3c(nn2-c2ccccc2)CS(=O)(=O)C3)CC(C)(C)C1. The van der Waals surface area contributed by atoms with Crippen molar-refractivity contribution in [2.75, 3.05) is 5.32 Å². The number of benzene rings is 1. The van der Waals surface area contributed by atoms with Gasteiger partial charge in [-0.25, -0.2) is 13.1 Å². The zero-order chi connectivity index (χ0) is 22.4. The molecule has 1 aliphatic heterocycles. The highest BCUT2D eigenvalue weighted by molar-refractivity contribution is 7.90. The number of nitrogens with one attached hydrogen (secondary N) is 2. The summed E-state index contributed by atoms with van der Waals surface area (Å²) in [5.74, 6) is -1.22. The lowest BCUT2D eigenvalue weighted by Gasteiger charge is -2.39. The van der Waals surface area contributed by atoms with Crippen molar-refractivity contribution in [1.82, 2.24) is 15.1 Å². The lowest BCUT2D eigenvalue weighted by atomic mass is 9.70.